The number of nitrogens with one attached hydrogen (secondary N) is 1. The van der Waals surface area contributed by atoms with Crippen LogP contribution in [0.25, 0.3) is 0 Å². The van der Waals surface area contributed by atoms with Crippen LogP contribution in [0, 0.1) is 0 Å². The van der Waals surface area contributed by atoms with Gasteiger partial charge in [-0.2, -0.15) is 0 Å². The van der Waals surface area contributed by atoms with E-state index in [2.05, 4.69) is 17.1 Å². The van der Waals surface area contributed by atoms with Gasteiger partial charge < -0.3 is 15.1 Å². The summed E-state index contributed by atoms with van der Waals surface area (Å²) in [4.78, 5) is 28.1. The predicted octanol–water partition coefficient (Wildman–Crippen LogP) is 1.55. The van der Waals surface area contributed by atoms with Gasteiger partial charge >= 0.3 is 0 Å². The Balaban J connectivity index is 1.66. The average molecular weight is 338 g/mol. The van der Waals surface area contributed by atoms with Gasteiger partial charge in [-0.25, -0.2) is 0 Å². The molecule has 0 bridgehead atoms. The number of carbonyl (C=O) groups excluding carboxylic acids is 2. The smallest absolute Gasteiger partial charge is 0.232 e. The number of likely N-dealkylation sites (N-methyl/N-ethyl adjacent to an activating group) is 1. The molecule has 1 aliphatic rings. The van der Waals surface area contributed by atoms with E-state index >= 15 is 0 Å². The molecule has 6 heteroatoms. The maximum Gasteiger partial charge on any atom is 0.232 e. The number of amides is 2. The average Bonchev–Trinajstić information content (AvgIpc) is 2.56. The summed E-state index contributed by atoms with van der Waals surface area (Å²) in [5, 5.41) is 3.51. The summed E-state index contributed by atoms with van der Waals surface area (Å²) in [5.74, 6) is -0.286. The Morgan fingerprint density at radius 1 is 1.13 bits per heavy atom. The summed E-state index contributed by atoms with van der Waals surface area (Å²) in [6, 6.07) is 7.54. The fourth-order valence-electron chi connectivity index (χ4n) is 2.62. The molecule has 1 aliphatic heterocycles. The Bertz CT molecular complexity index is 525. The largest absolute Gasteiger partial charge is 0.355 e. The van der Waals surface area contributed by atoms with Crippen molar-refractivity contribution in [1.82, 2.24) is 15.1 Å². The molecule has 5 nitrogen and oxygen atoms in total. The van der Waals surface area contributed by atoms with Crippen LogP contribution in [0.1, 0.15) is 18.9 Å². The molecule has 1 aromatic rings. The van der Waals surface area contributed by atoms with Gasteiger partial charge in [0.2, 0.25) is 11.8 Å². The van der Waals surface area contributed by atoms with E-state index in [0.29, 0.717) is 24.7 Å². The zero-order valence-corrected chi connectivity index (χ0v) is 14.3. The monoisotopic (exact) mass is 337 g/mol. The van der Waals surface area contributed by atoms with E-state index in [4.69, 9.17) is 11.6 Å². The summed E-state index contributed by atoms with van der Waals surface area (Å²) in [6.45, 7) is 6.85. The van der Waals surface area contributed by atoms with Crippen molar-refractivity contribution in [3.05, 3.63) is 34.9 Å². The second kappa shape index (κ2) is 8.89. The number of hydrogen-bond donors (Lipinski definition) is 1. The summed E-state index contributed by atoms with van der Waals surface area (Å²) in [7, 11) is 0. The first-order valence-electron chi connectivity index (χ1n) is 8.09. The Morgan fingerprint density at radius 3 is 2.39 bits per heavy atom. The van der Waals surface area contributed by atoms with Gasteiger partial charge in [0.05, 0.1) is 0 Å². The van der Waals surface area contributed by atoms with Crippen molar-refractivity contribution < 1.29 is 9.59 Å². The molecule has 126 valence electrons. The molecule has 0 radical (unpaired) electrons. The first kappa shape index (κ1) is 17.8. The van der Waals surface area contributed by atoms with Crippen molar-refractivity contribution >= 4 is 23.4 Å². The molecule has 2 rings (SSSR count). The van der Waals surface area contributed by atoms with Gasteiger partial charge in [0.1, 0.15) is 6.42 Å². The van der Waals surface area contributed by atoms with Crippen LogP contribution >= 0.6 is 11.6 Å². The van der Waals surface area contributed by atoms with Crippen molar-refractivity contribution in [2.45, 2.75) is 19.8 Å². The molecule has 0 atom stereocenters. The fraction of sp³-hybridized carbons (Fsp3) is 0.529. The molecule has 1 fully saturated rings. The molecular formula is C17H24ClN3O2. The van der Waals surface area contributed by atoms with E-state index in [-0.39, 0.29) is 18.2 Å². The van der Waals surface area contributed by atoms with Crippen LogP contribution in [0.15, 0.2) is 24.3 Å². The summed E-state index contributed by atoms with van der Waals surface area (Å²) >= 11 is 5.83. The van der Waals surface area contributed by atoms with E-state index in [9.17, 15) is 9.59 Å². The van der Waals surface area contributed by atoms with E-state index in [1.54, 1.807) is 4.90 Å². The highest BCUT2D eigenvalue weighted by molar-refractivity contribution is 6.30. The number of nitrogens with zero attached hydrogens (tertiary/aromatic N) is 2. The highest BCUT2D eigenvalue weighted by Crippen LogP contribution is 2.09. The molecular weight excluding hydrogens is 314 g/mol. The van der Waals surface area contributed by atoms with E-state index < -0.39 is 0 Å². The Morgan fingerprint density at radius 2 is 1.78 bits per heavy atom. The van der Waals surface area contributed by atoms with E-state index in [1.807, 2.05) is 24.3 Å². The minimum Gasteiger partial charge on any atom is -0.355 e. The highest BCUT2D eigenvalue weighted by atomic mass is 35.5. The number of piperazine rings is 1. The molecule has 0 spiro atoms. The standard InChI is InChI=1S/C17H24ClN3O2/c1-2-20-9-11-21(12-10-20)17(23)13-16(22)19-8-7-14-3-5-15(18)6-4-14/h3-6H,2,7-13H2,1H3,(H,19,22). The second-order valence-electron chi connectivity index (χ2n) is 5.72. The van der Waals surface area contributed by atoms with E-state index in [0.717, 1.165) is 31.6 Å². The lowest BCUT2D eigenvalue weighted by atomic mass is 10.1. The minimum atomic E-state index is -0.207. The van der Waals surface area contributed by atoms with Crippen molar-refractivity contribution in [3.63, 3.8) is 0 Å². The topological polar surface area (TPSA) is 52.7 Å². The lowest BCUT2D eigenvalue weighted by Gasteiger charge is -2.33. The second-order valence-corrected chi connectivity index (χ2v) is 6.15. The molecule has 1 N–H and O–H groups in total. The number of halogens is 1. The maximum absolute atomic E-state index is 12.1. The Labute approximate surface area is 142 Å². The SMILES string of the molecule is CCN1CCN(C(=O)CC(=O)NCCc2ccc(Cl)cc2)CC1. The van der Waals surface area contributed by atoms with Crippen LogP contribution in [0.4, 0.5) is 0 Å². The van der Waals surface area contributed by atoms with Crippen LogP contribution in [-0.2, 0) is 16.0 Å². The van der Waals surface area contributed by atoms with E-state index in [1.165, 1.54) is 0 Å². The quantitative estimate of drug-likeness (QED) is 0.801. The number of rotatable bonds is 6. The molecule has 0 aliphatic carbocycles. The third-order valence-corrected chi connectivity index (χ3v) is 4.39. The van der Waals surface area contributed by atoms with Gasteiger partial charge in [0.25, 0.3) is 0 Å². The third-order valence-electron chi connectivity index (χ3n) is 4.13. The minimum absolute atomic E-state index is 0.0628. The summed E-state index contributed by atoms with van der Waals surface area (Å²) in [5.41, 5.74) is 1.11. The zero-order chi connectivity index (χ0) is 16.7. The summed E-state index contributed by atoms with van der Waals surface area (Å²) < 4.78 is 0. The first-order chi connectivity index (χ1) is 11.1. The van der Waals surface area contributed by atoms with Crippen LogP contribution in [0.5, 0.6) is 0 Å². The maximum atomic E-state index is 12.1. The predicted molar refractivity (Wildman–Crippen MR) is 91.5 cm³/mol. The van der Waals surface area contributed by atoms with Crippen LogP contribution in [0.3, 0.4) is 0 Å². The molecule has 0 saturated carbocycles. The number of benzene rings is 1. The molecule has 1 heterocycles. The fourth-order valence-corrected chi connectivity index (χ4v) is 2.75. The lowest BCUT2D eigenvalue weighted by molar-refractivity contribution is -0.137. The van der Waals surface area contributed by atoms with Crippen molar-refractivity contribution in [2.24, 2.45) is 0 Å². The van der Waals surface area contributed by atoms with Crippen molar-refractivity contribution in [1.29, 1.82) is 0 Å². The van der Waals surface area contributed by atoms with Gasteiger partial charge in [-0.3, -0.25) is 9.59 Å². The zero-order valence-electron chi connectivity index (χ0n) is 13.6. The molecule has 1 aromatic carbocycles. The number of carbonyl (C=O) groups is 2. The van der Waals surface area contributed by atoms with Gasteiger partial charge in [-0.1, -0.05) is 30.7 Å². The van der Waals surface area contributed by atoms with Crippen LogP contribution < -0.4 is 5.32 Å². The lowest BCUT2D eigenvalue weighted by Crippen LogP contribution is -2.49. The highest BCUT2D eigenvalue weighted by Gasteiger charge is 2.21. The van der Waals surface area contributed by atoms with Crippen molar-refractivity contribution in [2.75, 3.05) is 39.3 Å². The van der Waals surface area contributed by atoms with Gasteiger partial charge in [-0.05, 0) is 30.7 Å². The summed E-state index contributed by atoms with van der Waals surface area (Å²) in [6.07, 6.45) is 0.666. The molecule has 23 heavy (non-hydrogen) atoms. The Kier molecular flexibility index (Phi) is 6.86. The van der Waals surface area contributed by atoms with Crippen LogP contribution in [-0.4, -0.2) is 60.9 Å². The van der Waals surface area contributed by atoms with Gasteiger partial charge in [0.15, 0.2) is 0 Å². The Hall–Kier alpha value is -1.59. The molecule has 1 saturated heterocycles. The van der Waals surface area contributed by atoms with Crippen LogP contribution in [0.2, 0.25) is 5.02 Å². The third kappa shape index (κ3) is 5.84. The molecule has 2 amide bonds. The number of hydrogen-bond acceptors (Lipinski definition) is 3. The van der Waals surface area contributed by atoms with Crippen molar-refractivity contribution in [3.8, 4) is 0 Å². The normalized spacial score (nSPS) is 15.5. The molecule has 0 aromatic heterocycles. The van der Waals surface area contributed by atoms with Gasteiger partial charge in [0, 0.05) is 37.7 Å². The van der Waals surface area contributed by atoms with Gasteiger partial charge in [-0.15, -0.1) is 0 Å². The molecule has 0 unspecified atom stereocenters. The first-order valence-corrected chi connectivity index (χ1v) is 8.47.